The highest BCUT2D eigenvalue weighted by atomic mass is 79.9. The predicted octanol–water partition coefficient (Wildman–Crippen LogP) is 6.42. The standard InChI is InChI=1S/C14H9BrCl3F/c15-11-6-8(16)4-5-9(11)13(18)7-10-12(17)2-1-3-14(10)19/h1-6,13H,7H2. The van der Waals surface area contributed by atoms with Gasteiger partial charge in [-0.1, -0.05) is 51.3 Å². The van der Waals surface area contributed by atoms with Gasteiger partial charge in [-0.25, -0.2) is 4.39 Å². The Bertz CT molecular complexity index is 581. The van der Waals surface area contributed by atoms with E-state index in [1.54, 1.807) is 24.3 Å². The molecular weight excluding hydrogens is 373 g/mol. The fourth-order valence-electron chi connectivity index (χ4n) is 1.77. The van der Waals surface area contributed by atoms with Crippen molar-refractivity contribution in [2.75, 3.05) is 0 Å². The van der Waals surface area contributed by atoms with Crippen LogP contribution in [0.5, 0.6) is 0 Å². The van der Waals surface area contributed by atoms with Crippen LogP contribution in [0.25, 0.3) is 0 Å². The van der Waals surface area contributed by atoms with Gasteiger partial charge in [0.05, 0.1) is 5.38 Å². The highest BCUT2D eigenvalue weighted by Gasteiger charge is 2.16. The summed E-state index contributed by atoms with van der Waals surface area (Å²) in [5.74, 6) is -0.344. The molecule has 0 aliphatic heterocycles. The molecule has 0 saturated carbocycles. The molecule has 0 nitrogen and oxygen atoms in total. The second kappa shape index (κ2) is 6.45. The van der Waals surface area contributed by atoms with E-state index in [9.17, 15) is 4.39 Å². The fraction of sp³-hybridized carbons (Fsp3) is 0.143. The quantitative estimate of drug-likeness (QED) is 0.538. The summed E-state index contributed by atoms with van der Waals surface area (Å²) in [7, 11) is 0. The molecule has 0 heterocycles. The molecule has 0 N–H and O–H groups in total. The Labute approximate surface area is 134 Å². The second-order valence-corrected chi connectivity index (χ2v) is 6.26. The van der Waals surface area contributed by atoms with Crippen molar-refractivity contribution < 1.29 is 4.39 Å². The van der Waals surface area contributed by atoms with Gasteiger partial charge in [-0.2, -0.15) is 0 Å². The van der Waals surface area contributed by atoms with E-state index in [1.807, 2.05) is 6.07 Å². The van der Waals surface area contributed by atoms with Gasteiger partial charge in [-0.05, 0) is 36.2 Å². The van der Waals surface area contributed by atoms with Crippen LogP contribution in [0.3, 0.4) is 0 Å². The summed E-state index contributed by atoms with van der Waals surface area (Å²) < 4.78 is 14.5. The van der Waals surface area contributed by atoms with Gasteiger partial charge in [0.15, 0.2) is 0 Å². The first kappa shape index (κ1) is 15.1. The summed E-state index contributed by atoms with van der Waals surface area (Å²) in [6, 6.07) is 9.93. The summed E-state index contributed by atoms with van der Waals surface area (Å²) in [5, 5.41) is 0.611. The lowest BCUT2D eigenvalue weighted by Crippen LogP contribution is -2.00. The minimum absolute atomic E-state index is 0.313. The molecule has 0 radical (unpaired) electrons. The van der Waals surface area contributed by atoms with Crippen molar-refractivity contribution in [3.63, 3.8) is 0 Å². The van der Waals surface area contributed by atoms with E-state index >= 15 is 0 Å². The molecule has 0 aromatic heterocycles. The van der Waals surface area contributed by atoms with Crippen molar-refractivity contribution in [3.05, 3.63) is 67.9 Å². The van der Waals surface area contributed by atoms with Crippen LogP contribution in [0.2, 0.25) is 10.0 Å². The number of alkyl halides is 1. The first-order chi connectivity index (χ1) is 8.99. The van der Waals surface area contributed by atoms with Crippen LogP contribution < -0.4 is 0 Å². The zero-order valence-corrected chi connectivity index (χ0v) is 13.5. The Hall–Kier alpha value is -0.280. The molecule has 2 aromatic carbocycles. The number of halogens is 5. The van der Waals surface area contributed by atoms with Crippen molar-refractivity contribution in [2.45, 2.75) is 11.8 Å². The molecule has 2 aromatic rings. The molecule has 0 spiro atoms. The summed E-state index contributed by atoms with van der Waals surface area (Å²) in [6.45, 7) is 0. The SMILES string of the molecule is Fc1cccc(Cl)c1CC(Cl)c1ccc(Cl)cc1Br. The molecule has 0 aliphatic rings. The molecule has 2 rings (SSSR count). The van der Waals surface area contributed by atoms with Gasteiger partial charge in [0.1, 0.15) is 5.82 Å². The summed E-state index contributed by atoms with van der Waals surface area (Å²) in [5.41, 5.74) is 1.27. The van der Waals surface area contributed by atoms with Crippen LogP contribution in [0, 0.1) is 5.82 Å². The van der Waals surface area contributed by atoms with Crippen molar-refractivity contribution in [1.29, 1.82) is 0 Å². The first-order valence-electron chi connectivity index (χ1n) is 5.51. The molecule has 0 saturated heterocycles. The van der Waals surface area contributed by atoms with E-state index < -0.39 is 0 Å². The normalized spacial score (nSPS) is 12.5. The van der Waals surface area contributed by atoms with Crippen LogP contribution in [-0.2, 0) is 6.42 Å². The minimum Gasteiger partial charge on any atom is -0.207 e. The molecule has 5 heteroatoms. The number of hydrogen-bond acceptors (Lipinski definition) is 0. The van der Waals surface area contributed by atoms with Crippen molar-refractivity contribution in [1.82, 2.24) is 0 Å². The smallest absolute Gasteiger partial charge is 0.127 e. The Morgan fingerprint density at radius 3 is 2.53 bits per heavy atom. The lowest BCUT2D eigenvalue weighted by molar-refractivity contribution is 0.607. The van der Waals surface area contributed by atoms with Crippen LogP contribution in [-0.4, -0.2) is 0 Å². The van der Waals surface area contributed by atoms with E-state index in [0.717, 1.165) is 10.0 Å². The van der Waals surface area contributed by atoms with E-state index in [4.69, 9.17) is 34.8 Å². The lowest BCUT2D eigenvalue weighted by atomic mass is 10.0. The predicted molar refractivity (Wildman–Crippen MR) is 82.9 cm³/mol. The fourth-order valence-corrected chi connectivity index (χ4v) is 3.45. The number of hydrogen-bond donors (Lipinski definition) is 0. The Kier molecular flexibility index (Phi) is 5.13. The van der Waals surface area contributed by atoms with E-state index in [2.05, 4.69) is 15.9 Å². The maximum absolute atomic E-state index is 13.7. The Morgan fingerprint density at radius 1 is 1.16 bits per heavy atom. The van der Waals surface area contributed by atoms with Crippen molar-refractivity contribution >= 4 is 50.7 Å². The highest BCUT2D eigenvalue weighted by Crippen LogP contribution is 2.34. The van der Waals surface area contributed by atoms with E-state index in [1.165, 1.54) is 6.07 Å². The third-order valence-electron chi connectivity index (χ3n) is 2.74. The molecule has 0 fully saturated rings. The third-order valence-corrected chi connectivity index (χ3v) is 4.41. The van der Waals surface area contributed by atoms with Crippen LogP contribution in [0.15, 0.2) is 40.9 Å². The average Bonchev–Trinajstić information content (AvgIpc) is 2.33. The van der Waals surface area contributed by atoms with Gasteiger partial charge in [0.25, 0.3) is 0 Å². The van der Waals surface area contributed by atoms with Crippen LogP contribution >= 0.6 is 50.7 Å². The number of benzene rings is 2. The summed E-state index contributed by atoms with van der Waals surface area (Å²) in [4.78, 5) is 0. The van der Waals surface area contributed by atoms with Crippen molar-refractivity contribution in [3.8, 4) is 0 Å². The van der Waals surface area contributed by atoms with Gasteiger partial charge in [0.2, 0.25) is 0 Å². The van der Waals surface area contributed by atoms with Crippen LogP contribution in [0.4, 0.5) is 4.39 Å². The Balaban J connectivity index is 2.28. The monoisotopic (exact) mass is 380 g/mol. The minimum atomic E-state index is -0.388. The first-order valence-corrected chi connectivity index (χ1v) is 7.49. The van der Waals surface area contributed by atoms with E-state index in [0.29, 0.717) is 22.0 Å². The Morgan fingerprint density at radius 2 is 1.89 bits per heavy atom. The second-order valence-electron chi connectivity index (χ2n) is 4.04. The van der Waals surface area contributed by atoms with Gasteiger partial charge < -0.3 is 0 Å². The van der Waals surface area contributed by atoms with Gasteiger partial charge in [-0.15, -0.1) is 11.6 Å². The number of rotatable bonds is 3. The van der Waals surface area contributed by atoms with Gasteiger partial charge in [0, 0.05) is 20.1 Å². The largest absolute Gasteiger partial charge is 0.207 e. The zero-order valence-electron chi connectivity index (χ0n) is 9.64. The third kappa shape index (κ3) is 3.63. The van der Waals surface area contributed by atoms with Gasteiger partial charge >= 0.3 is 0 Å². The molecule has 0 aliphatic carbocycles. The topological polar surface area (TPSA) is 0 Å². The highest BCUT2D eigenvalue weighted by molar-refractivity contribution is 9.10. The molecule has 0 bridgehead atoms. The van der Waals surface area contributed by atoms with Crippen molar-refractivity contribution in [2.24, 2.45) is 0 Å². The lowest BCUT2D eigenvalue weighted by Gasteiger charge is -2.14. The molecule has 1 atom stereocenters. The average molecular weight is 382 g/mol. The summed E-state index contributed by atoms with van der Waals surface area (Å²) >= 11 is 21.6. The molecular formula is C14H9BrCl3F. The molecule has 100 valence electrons. The van der Waals surface area contributed by atoms with Gasteiger partial charge in [-0.3, -0.25) is 0 Å². The molecule has 1 unspecified atom stereocenters. The maximum Gasteiger partial charge on any atom is 0.127 e. The van der Waals surface area contributed by atoms with Crippen LogP contribution in [0.1, 0.15) is 16.5 Å². The van der Waals surface area contributed by atoms with E-state index in [-0.39, 0.29) is 11.2 Å². The molecule has 19 heavy (non-hydrogen) atoms. The summed E-state index contributed by atoms with van der Waals surface area (Å²) in [6.07, 6.45) is 0.313. The maximum atomic E-state index is 13.7. The zero-order chi connectivity index (χ0) is 14.0. The molecule has 0 amide bonds.